The summed E-state index contributed by atoms with van der Waals surface area (Å²) in [6.45, 7) is 4.53. The van der Waals surface area contributed by atoms with E-state index in [2.05, 4.69) is 26.0 Å². The minimum Gasteiger partial charge on any atom is -0.389 e. The predicted octanol–water partition coefficient (Wildman–Crippen LogP) is 4.70. The molecule has 0 spiro atoms. The Kier molecular flexibility index (Phi) is 3.53. The fraction of sp³-hybridized carbons (Fsp3) is 0.889. The van der Waals surface area contributed by atoms with Gasteiger partial charge in [0.25, 0.3) is 0 Å². The molecule has 3 aliphatic rings. The van der Waals surface area contributed by atoms with Gasteiger partial charge in [0.05, 0.1) is 5.60 Å². The van der Waals surface area contributed by atoms with Crippen molar-refractivity contribution >= 4 is 0 Å². The Hall–Kier alpha value is -0.300. The van der Waals surface area contributed by atoms with Gasteiger partial charge in [0, 0.05) is 5.41 Å². The van der Waals surface area contributed by atoms with E-state index in [1.807, 2.05) is 0 Å². The average molecular weight is 262 g/mol. The normalized spacial score (nSPS) is 47.0. The molecule has 0 aromatic heterocycles. The van der Waals surface area contributed by atoms with Gasteiger partial charge < -0.3 is 5.11 Å². The van der Waals surface area contributed by atoms with Gasteiger partial charge in [0.1, 0.15) is 0 Å². The third-order valence-electron chi connectivity index (χ3n) is 6.61. The third-order valence-corrected chi connectivity index (χ3v) is 6.61. The summed E-state index contributed by atoms with van der Waals surface area (Å²) in [5.74, 6) is 1.92. The molecule has 108 valence electrons. The van der Waals surface area contributed by atoms with E-state index in [4.69, 9.17) is 0 Å². The minimum atomic E-state index is -0.352. The molecule has 0 aromatic rings. The van der Waals surface area contributed by atoms with E-state index in [0.717, 1.165) is 6.42 Å². The van der Waals surface area contributed by atoms with Crippen molar-refractivity contribution in [2.45, 2.75) is 77.2 Å². The molecule has 4 unspecified atom stereocenters. The second-order valence-electron chi connectivity index (χ2n) is 7.32. The van der Waals surface area contributed by atoms with Gasteiger partial charge in [-0.25, -0.2) is 0 Å². The topological polar surface area (TPSA) is 20.2 Å². The van der Waals surface area contributed by atoms with Crippen LogP contribution in [0.25, 0.3) is 0 Å². The van der Waals surface area contributed by atoms with Crippen LogP contribution >= 0.6 is 0 Å². The molecular formula is C18H30O. The SMILES string of the molecule is CCCCC12CCC(C3C=CC1C3)[C@]2(O)CCCC. The van der Waals surface area contributed by atoms with Gasteiger partial charge in [0.2, 0.25) is 0 Å². The highest BCUT2D eigenvalue weighted by molar-refractivity contribution is 5.25. The van der Waals surface area contributed by atoms with Crippen LogP contribution in [-0.2, 0) is 0 Å². The van der Waals surface area contributed by atoms with E-state index in [-0.39, 0.29) is 11.0 Å². The Morgan fingerprint density at radius 1 is 1.11 bits per heavy atom. The number of unbranched alkanes of at least 4 members (excludes halogenated alkanes) is 2. The number of aliphatic hydroxyl groups is 1. The lowest BCUT2D eigenvalue weighted by atomic mass is 9.55. The zero-order valence-corrected chi connectivity index (χ0v) is 12.7. The molecule has 1 heteroatoms. The molecule has 2 saturated carbocycles. The fourth-order valence-corrected chi connectivity index (χ4v) is 5.65. The maximum absolute atomic E-state index is 11.6. The molecule has 1 N–H and O–H groups in total. The van der Waals surface area contributed by atoms with Crippen molar-refractivity contribution in [3.63, 3.8) is 0 Å². The van der Waals surface area contributed by atoms with Crippen LogP contribution in [0.15, 0.2) is 12.2 Å². The summed E-state index contributed by atoms with van der Waals surface area (Å²) < 4.78 is 0. The van der Waals surface area contributed by atoms with Gasteiger partial charge in [-0.05, 0) is 49.9 Å². The zero-order valence-electron chi connectivity index (χ0n) is 12.7. The van der Waals surface area contributed by atoms with Crippen LogP contribution in [0.5, 0.6) is 0 Å². The van der Waals surface area contributed by atoms with Crippen LogP contribution in [0.1, 0.15) is 71.6 Å². The lowest BCUT2D eigenvalue weighted by molar-refractivity contribution is -0.151. The van der Waals surface area contributed by atoms with Gasteiger partial charge in [-0.1, -0.05) is 51.7 Å². The molecule has 0 heterocycles. The summed E-state index contributed by atoms with van der Waals surface area (Å²) in [6.07, 6.45) is 16.1. The molecule has 0 saturated heterocycles. The standard InChI is InChI=1S/C18H30O/c1-3-5-10-17-12-9-16(14-7-8-15(17)13-14)18(17,19)11-6-4-2/h7-8,14-16,19H,3-6,9-13H2,1-2H3/t14?,15?,16?,17?,18-/m1/s1. The Bertz CT molecular complexity index is 361. The van der Waals surface area contributed by atoms with Gasteiger partial charge >= 0.3 is 0 Å². The second-order valence-corrected chi connectivity index (χ2v) is 7.32. The highest BCUT2D eigenvalue weighted by atomic mass is 16.3. The monoisotopic (exact) mass is 262 g/mol. The number of rotatable bonds is 6. The first-order valence-electron chi connectivity index (χ1n) is 8.58. The van der Waals surface area contributed by atoms with Crippen molar-refractivity contribution in [3.8, 4) is 0 Å². The molecule has 3 rings (SSSR count). The maximum atomic E-state index is 11.6. The van der Waals surface area contributed by atoms with Gasteiger partial charge in [-0.2, -0.15) is 0 Å². The van der Waals surface area contributed by atoms with Crippen molar-refractivity contribution in [1.82, 2.24) is 0 Å². The highest BCUT2D eigenvalue weighted by Crippen LogP contribution is 2.68. The van der Waals surface area contributed by atoms with Crippen LogP contribution in [-0.4, -0.2) is 10.7 Å². The van der Waals surface area contributed by atoms with Crippen LogP contribution in [0.2, 0.25) is 0 Å². The van der Waals surface area contributed by atoms with Crippen molar-refractivity contribution in [3.05, 3.63) is 12.2 Å². The zero-order chi connectivity index (χ0) is 13.5. The Morgan fingerprint density at radius 3 is 2.58 bits per heavy atom. The number of hydrogen-bond donors (Lipinski definition) is 1. The largest absolute Gasteiger partial charge is 0.389 e. The Balaban J connectivity index is 1.92. The fourth-order valence-electron chi connectivity index (χ4n) is 5.65. The molecule has 2 fully saturated rings. The molecule has 0 radical (unpaired) electrons. The van der Waals surface area contributed by atoms with Crippen LogP contribution < -0.4 is 0 Å². The molecule has 0 aliphatic heterocycles. The molecule has 0 aromatic carbocycles. The molecular weight excluding hydrogens is 232 g/mol. The summed E-state index contributed by atoms with van der Waals surface area (Å²) in [7, 11) is 0. The van der Waals surface area contributed by atoms with Crippen molar-refractivity contribution in [1.29, 1.82) is 0 Å². The molecule has 4 bridgehead atoms. The van der Waals surface area contributed by atoms with Gasteiger partial charge in [0.15, 0.2) is 0 Å². The summed E-state index contributed by atoms with van der Waals surface area (Å²) in [5.41, 5.74) is -0.123. The molecule has 5 atom stereocenters. The lowest BCUT2D eigenvalue weighted by Gasteiger charge is -2.53. The molecule has 3 aliphatic carbocycles. The Labute approximate surface area is 118 Å². The first-order chi connectivity index (χ1) is 9.18. The number of fused-ring (bicyclic) bond motifs is 6. The van der Waals surface area contributed by atoms with E-state index >= 15 is 0 Å². The van der Waals surface area contributed by atoms with Crippen LogP contribution in [0, 0.1) is 23.2 Å². The Morgan fingerprint density at radius 2 is 1.84 bits per heavy atom. The van der Waals surface area contributed by atoms with Gasteiger partial charge in [-0.15, -0.1) is 0 Å². The predicted molar refractivity (Wildman–Crippen MR) is 79.9 cm³/mol. The maximum Gasteiger partial charge on any atom is 0.0742 e. The van der Waals surface area contributed by atoms with Crippen molar-refractivity contribution in [2.24, 2.45) is 23.2 Å². The van der Waals surface area contributed by atoms with E-state index in [0.29, 0.717) is 17.8 Å². The highest BCUT2D eigenvalue weighted by Gasteiger charge is 2.66. The molecule has 19 heavy (non-hydrogen) atoms. The van der Waals surface area contributed by atoms with E-state index in [9.17, 15) is 5.11 Å². The summed E-state index contributed by atoms with van der Waals surface area (Å²) in [6, 6.07) is 0. The van der Waals surface area contributed by atoms with Crippen molar-refractivity contribution < 1.29 is 5.11 Å². The van der Waals surface area contributed by atoms with E-state index < -0.39 is 0 Å². The number of allylic oxidation sites excluding steroid dienone is 2. The molecule has 0 amide bonds. The summed E-state index contributed by atoms with van der Waals surface area (Å²) >= 11 is 0. The van der Waals surface area contributed by atoms with Crippen LogP contribution in [0.3, 0.4) is 0 Å². The summed E-state index contributed by atoms with van der Waals surface area (Å²) in [5, 5.41) is 11.6. The minimum absolute atomic E-state index is 0.229. The second kappa shape index (κ2) is 4.91. The number of hydrogen-bond acceptors (Lipinski definition) is 1. The van der Waals surface area contributed by atoms with Crippen molar-refractivity contribution in [2.75, 3.05) is 0 Å². The summed E-state index contributed by atoms with van der Waals surface area (Å²) in [4.78, 5) is 0. The first-order valence-corrected chi connectivity index (χ1v) is 8.58. The quantitative estimate of drug-likeness (QED) is 0.688. The lowest BCUT2D eigenvalue weighted by Crippen LogP contribution is -2.55. The molecule has 1 nitrogen and oxygen atoms in total. The van der Waals surface area contributed by atoms with E-state index in [1.165, 1.54) is 51.4 Å². The van der Waals surface area contributed by atoms with E-state index in [1.54, 1.807) is 0 Å². The smallest absolute Gasteiger partial charge is 0.0742 e. The van der Waals surface area contributed by atoms with Gasteiger partial charge in [-0.3, -0.25) is 0 Å². The first kappa shape index (κ1) is 13.7. The average Bonchev–Trinajstić information content (AvgIpc) is 2.90. The van der Waals surface area contributed by atoms with Crippen LogP contribution in [0.4, 0.5) is 0 Å². The third kappa shape index (κ3) is 1.77.